The highest BCUT2D eigenvalue weighted by Gasteiger charge is 2.10. The molecule has 0 aliphatic heterocycles. The molecule has 184 valence electrons. The van der Waals surface area contributed by atoms with Gasteiger partial charge in [0.15, 0.2) is 0 Å². The Balaban J connectivity index is 1.96. The van der Waals surface area contributed by atoms with Crippen molar-refractivity contribution in [3.8, 4) is 0 Å². The van der Waals surface area contributed by atoms with Crippen molar-refractivity contribution in [3.05, 3.63) is 48.6 Å². The van der Waals surface area contributed by atoms with E-state index >= 15 is 0 Å². The Morgan fingerprint density at radius 2 is 1.25 bits per heavy atom. The maximum Gasteiger partial charge on any atom is 0.104 e. The Labute approximate surface area is 198 Å². The minimum atomic E-state index is -0.0133. The SMILES string of the molecule is C=CCOC[C@H](COCc1ccccc1)OCCCCCCCCCCCCCCCC. The summed E-state index contributed by atoms with van der Waals surface area (Å²) >= 11 is 0. The quantitative estimate of drug-likeness (QED) is 0.118. The summed E-state index contributed by atoms with van der Waals surface area (Å²) in [7, 11) is 0. The molecule has 0 saturated carbocycles. The van der Waals surface area contributed by atoms with Crippen LogP contribution in [-0.4, -0.2) is 32.5 Å². The second-order valence-electron chi connectivity index (χ2n) is 8.92. The Hall–Kier alpha value is -1.16. The van der Waals surface area contributed by atoms with Gasteiger partial charge in [-0.05, 0) is 12.0 Å². The van der Waals surface area contributed by atoms with Crippen LogP contribution < -0.4 is 0 Å². The average Bonchev–Trinajstić information content (AvgIpc) is 2.82. The molecule has 0 heterocycles. The molecule has 0 radical (unpaired) electrons. The van der Waals surface area contributed by atoms with Crippen molar-refractivity contribution in [1.82, 2.24) is 0 Å². The maximum atomic E-state index is 6.05. The van der Waals surface area contributed by atoms with Crippen LogP contribution in [0, 0.1) is 0 Å². The zero-order chi connectivity index (χ0) is 23.0. The Kier molecular flexibility index (Phi) is 20.8. The van der Waals surface area contributed by atoms with Crippen LogP contribution in [0.3, 0.4) is 0 Å². The van der Waals surface area contributed by atoms with E-state index in [1.165, 1.54) is 89.0 Å². The summed E-state index contributed by atoms with van der Waals surface area (Å²) in [6.07, 6.45) is 21.0. The molecule has 0 spiro atoms. The molecule has 0 aliphatic carbocycles. The van der Waals surface area contributed by atoms with Gasteiger partial charge in [0.2, 0.25) is 0 Å². The Morgan fingerprint density at radius 1 is 0.719 bits per heavy atom. The molecule has 0 bridgehead atoms. The smallest absolute Gasteiger partial charge is 0.104 e. The van der Waals surface area contributed by atoms with Crippen molar-refractivity contribution in [2.24, 2.45) is 0 Å². The Bertz CT molecular complexity index is 502. The highest BCUT2D eigenvalue weighted by molar-refractivity contribution is 5.13. The normalized spacial score (nSPS) is 12.2. The van der Waals surface area contributed by atoms with Crippen molar-refractivity contribution in [2.45, 2.75) is 110 Å². The highest BCUT2D eigenvalue weighted by Crippen LogP contribution is 2.13. The lowest BCUT2D eigenvalue weighted by molar-refractivity contribution is -0.0603. The van der Waals surface area contributed by atoms with Crippen molar-refractivity contribution in [1.29, 1.82) is 0 Å². The first-order chi connectivity index (χ1) is 15.9. The van der Waals surface area contributed by atoms with Gasteiger partial charge in [-0.3, -0.25) is 0 Å². The van der Waals surface area contributed by atoms with Gasteiger partial charge < -0.3 is 14.2 Å². The van der Waals surface area contributed by atoms with Gasteiger partial charge in [-0.1, -0.05) is 127 Å². The van der Waals surface area contributed by atoms with Gasteiger partial charge in [-0.2, -0.15) is 0 Å². The molecule has 0 fully saturated rings. The third kappa shape index (κ3) is 18.4. The topological polar surface area (TPSA) is 27.7 Å². The van der Waals surface area contributed by atoms with Gasteiger partial charge in [0.1, 0.15) is 6.10 Å². The van der Waals surface area contributed by atoms with E-state index in [0.29, 0.717) is 26.4 Å². The molecule has 0 aromatic heterocycles. The van der Waals surface area contributed by atoms with Gasteiger partial charge in [0.25, 0.3) is 0 Å². The largest absolute Gasteiger partial charge is 0.375 e. The molecule has 0 amide bonds. The predicted molar refractivity (Wildman–Crippen MR) is 137 cm³/mol. The monoisotopic (exact) mass is 446 g/mol. The lowest BCUT2D eigenvalue weighted by Gasteiger charge is -2.18. The summed E-state index contributed by atoms with van der Waals surface area (Å²) in [5.41, 5.74) is 1.19. The summed E-state index contributed by atoms with van der Waals surface area (Å²) in [6.45, 7) is 9.06. The average molecular weight is 447 g/mol. The summed E-state index contributed by atoms with van der Waals surface area (Å²) in [6, 6.07) is 10.3. The van der Waals surface area contributed by atoms with Crippen molar-refractivity contribution < 1.29 is 14.2 Å². The van der Waals surface area contributed by atoms with E-state index in [1.807, 2.05) is 18.2 Å². The molecule has 0 unspecified atom stereocenters. The van der Waals surface area contributed by atoms with Crippen molar-refractivity contribution in [3.63, 3.8) is 0 Å². The van der Waals surface area contributed by atoms with Crippen LogP contribution in [-0.2, 0) is 20.8 Å². The fourth-order valence-corrected chi connectivity index (χ4v) is 3.86. The van der Waals surface area contributed by atoms with E-state index in [0.717, 1.165) is 13.0 Å². The molecular weight excluding hydrogens is 396 g/mol. The number of hydrogen-bond acceptors (Lipinski definition) is 3. The molecule has 0 N–H and O–H groups in total. The van der Waals surface area contributed by atoms with E-state index in [2.05, 4.69) is 25.6 Å². The van der Waals surface area contributed by atoms with E-state index < -0.39 is 0 Å². The van der Waals surface area contributed by atoms with E-state index in [-0.39, 0.29) is 6.10 Å². The van der Waals surface area contributed by atoms with Gasteiger partial charge in [-0.25, -0.2) is 0 Å². The number of unbranched alkanes of at least 4 members (excludes halogenated alkanes) is 13. The summed E-state index contributed by atoms with van der Waals surface area (Å²) in [4.78, 5) is 0. The van der Waals surface area contributed by atoms with E-state index in [9.17, 15) is 0 Å². The second kappa shape index (κ2) is 23.0. The molecule has 1 atom stereocenters. The second-order valence-corrected chi connectivity index (χ2v) is 8.92. The van der Waals surface area contributed by atoms with E-state index in [4.69, 9.17) is 14.2 Å². The van der Waals surface area contributed by atoms with Crippen LogP contribution >= 0.6 is 0 Å². The van der Waals surface area contributed by atoms with E-state index in [1.54, 1.807) is 6.08 Å². The fraction of sp³-hybridized carbons (Fsp3) is 0.724. The Morgan fingerprint density at radius 3 is 1.81 bits per heavy atom. The molecular formula is C29H50O3. The summed E-state index contributed by atoms with van der Waals surface area (Å²) in [5.74, 6) is 0. The van der Waals surface area contributed by atoms with Crippen molar-refractivity contribution >= 4 is 0 Å². The summed E-state index contributed by atoms with van der Waals surface area (Å²) in [5, 5.41) is 0. The van der Waals surface area contributed by atoms with Gasteiger partial charge >= 0.3 is 0 Å². The molecule has 0 aliphatic rings. The molecule has 1 rings (SSSR count). The number of ether oxygens (including phenoxy) is 3. The molecule has 1 aromatic carbocycles. The third-order valence-electron chi connectivity index (χ3n) is 5.81. The standard InChI is InChI=1S/C29H50O3/c1-3-5-6-7-8-9-10-11-12-13-14-15-16-20-24-32-29(26-30-23-4-2)27-31-25-28-21-18-17-19-22-28/h4,17-19,21-22,29H,2-3,5-16,20,23-27H2,1H3/t29-/m1/s1. The predicted octanol–water partition coefficient (Wildman–Crippen LogP) is 8.27. The molecule has 1 aromatic rings. The van der Waals surface area contributed by atoms with Gasteiger partial charge in [0, 0.05) is 6.61 Å². The van der Waals surface area contributed by atoms with Crippen LogP contribution in [0.15, 0.2) is 43.0 Å². The van der Waals surface area contributed by atoms with Gasteiger partial charge in [-0.15, -0.1) is 6.58 Å². The number of benzene rings is 1. The number of hydrogen-bond donors (Lipinski definition) is 0. The minimum Gasteiger partial charge on any atom is -0.375 e. The van der Waals surface area contributed by atoms with Crippen LogP contribution in [0.4, 0.5) is 0 Å². The zero-order valence-electron chi connectivity index (χ0n) is 20.9. The maximum absolute atomic E-state index is 6.05. The number of rotatable bonds is 24. The fourth-order valence-electron chi connectivity index (χ4n) is 3.86. The lowest BCUT2D eigenvalue weighted by Crippen LogP contribution is -2.26. The first kappa shape index (κ1) is 28.9. The molecule has 3 nitrogen and oxygen atoms in total. The third-order valence-corrected chi connectivity index (χ3v) is 5.81. The molecule has 0 saturated heterocycles. The van der Waals surface area contributed by atoms with Crippen LogP contribution in [0.2, 0.25) is 0 Å². The molecule has 32 heavy (non-hydrogen) atoms. The highest BCUT2D eigenvalue weighted by atomic mass is 16.6. The van der Waals surface area contributed by atoms with Gasteiger partial charge in [0.05, 0.1) is 26.4 Å². The van der Waals surface area contributed by atoms with Crippen molar-refractivity contribution in [2.75, 3.05) is 26.4 Å². The molecule has 3 heteroatoms. The van der Waals surface area contributed by atoms with Crippen LogP contribution in [0.25, 0.3) is 0 Å². The minimum absolute atomic E-state index is 0.0133. The summed E-state index contributed by atoms with van der Waals surface area (Å²) < 4.78 is 17.5. The van der Waals surface area contributed by atoms with Crippen LogP contribution in [0.5, 0.6) is 0 Å². The zero-order valence-corrected chi connectivity index (χ0v) is 20.9. The first-order valence-corrected chi connectivity index (χ1v) is 13.3. The lowest BCUT2D eigenvalue weighted by atomic mass is 10.0. The first-order valence-electron chi connectivity index (χ1n) is 13.3. The van der Waals surface area contributed by atoms with Crippen LogP contribution in [0.1, 0.15) is 102 Å².